The third-order valence-electron chi connectivity index (χ3n) is 4.28. The van der Waals surface area contributed by atoms with Gasteiger partial charge in [-0.3, -0.25) is 9.59 Å². The van der Waals surface area contributed by atoms with Crippen LogP contribution in [-0.4, -0.2) is 47.9 Å². The topological polar surface area (TPSA) is 49.4 Å². The summed E-state index contributed by atoms with van der Waals surface area (Å²) in [5, 5.41) is 2.99. The molecule has 1 fully saturated rings. The number of carbonyl (C=O) groups excluding carboxylic acids is 2. The van der Waals surface area contributed by atoms with E-state index >= 15 is 0 Å². The molecule has 4 nitrogen and oxygen atoms in total. The number of piperidine rings is 1. The number of rotatable bonds is 6. The van der Waals surface area contributed by atoms with Crippen LogP contribution >= 0.6 is 11.8 Å². The molecule has 0 bridgehead atoms. The van der Waals surface area contributed by atoms with Gasteiger partial charge in [0, 0.05) is 36.4 Å². The molecule has 0 radical (unpaired) electrons. The Labute approximate surface area is 143 Å². The summed E-state index contributed by atoms with van der Waals surface area (Å²) in [5.41, 5.74) is 0.664. The molecule has 2 rings (SSSR count). The molecule has 126 valence electrons. The van der Waals surface area contributed by atoms with E-state index in [0.717, 1.165) is 31.6 Å². The highest BCUT2D eigenvalue weighted by Crippen LogP contribution is 2.20. The van der Waals surface area contributed by atoms with Gasteiger partial charge in [-0.15, -0.1) is 0 Å². The molecule has 1 heterocycles. The van der Waals surface area contributed by atoms with Gasteiger partial charge in [0.25, 0.3) is 5.91 Å². The number of thioether (sulfide) groups is 1. The van der Waals surface area contributed by atoms with Gasteiger partial charge in [0.2, 0.25) is 5.91 Å². The molecule has 0 aromatic heterocycles. The van der Waals surface area contributed by atoms with Gasteiger partial charge in [-0.1, -0.05) is 25.1 Å². The zero-order valence-electron chi connectivity index (χ0n) is 14.0. The molecule has 1 aliphatic rings. The van der Waals surface area contributed by atoms with Crippen molar-refractivity contribution in [2.24, 2.45) is 5.92 Å². The summed E-state index contributed by atoms with van der Waals surface area (Å²) < 4.78 is 0. The lowest BCUT2D eigenvalue weighted by Gasteiger charge is -2.37. The van der Waals surface area contributed by atoms with E-state index in [-0.39, 0.29) is 23.8 Å². The van der Waals surface area contributed by atoms with E-state index < -0.39 is 0 Å². The Hall–Kier alpha value is -1.49. The molecule has 1 N–H and O–H groups in total. The van der Waals surface area contributed by atoms with Crippen LogP contribution in [0.25, 0.3) is 0 Å². The Kier molecular flexibility index (Phi) is 6.96. The minimum Gasteiger partial charge on any atom is -0.350 e. The lowest BCUT2D eigenvalue weighted by Crippen LogP contribution is -2.51. The van der Waals surface area contributed by atoms with E-state index in [9.17, 15) is 9.59 Å². The molecule has 5 heteroatoms. The van der Waals surface area contributed by atoms with Gasteiger partial charge in [0.05, 0.1) is 0 Å². The van der Waals surface area contributed by atoms with Crippen LogP contribution in [-0.2, 0) is 4.79 Å². The molecular weight excluding hydrogens is 308 g/mol. The minimum atomic E-state index is -0.0688. The summed E-state index contributed by atoms with van der Waals surface area (Å²) in [4.78, 5) is 26.8. The Morgan fingerprint density at radius 1 is 1.30 bits per heavy atom. The molecule has 0 unspecified atom stereocenters. The fourth-order valence-electron chi connectivity index (χ4n) is 3.01. The molecule has 23 heavy (non-hydrogen) atoms. The van der Waals surface area contributed by atoms with Crippen molar-refractivity contribution in [1.29, 1.82) is 0 Å². The third kappa shape index (κ3) is 4.99. The van der Waals surface area contributed by atoms with Crippen molar-refractivity contribution in [3.8, 4) is 0 Å². The van der Waals surface area contributed by atoms with Crippen molar-refractivity contribution in [3.05, 3.63) is 35.9 Å². The molecule has 0 aliphatic carbocycles. The molecule has 1 aromatic carbocycles. The maximum absolute atomic E-state index is 12.6. The zero-order chi connectivity index (χ0) is 16.7. The molecule has 1 aliphatic heterocycles. The Bertz CT molecular complexity index is 521. The number of carbonyl (C=O) groups is 2. The first-order chi connectivity index (χ1) is 11.1. The highest BCUT2D eigenvalue weighted by Gasteiger charge is 2.29. The molecular formula is C18H26N2O2S. The molecule has 1 saturated heterocycles. The molecule has 0 spiro atoms. The largest absolute Gasteiger partial charge is 0.350 e. The van der Waals surface area contributed by atoms with Crippen LogP contribution in [0.4, 0.5) is 0 Å². The first kappa shape index (κ1) is 17.9. The highest BCUT2D eigenvalue weighted by atomic mass is 32.2. The first-order valence-electron chi connectivity index (χ1n) is 8.26. The lowest BCUT2D eigenvalue weighted by atomic mass is 9.99. The molecule has 0 saturated carbocycles. The number of hydrogen-bond acceptors (Lipinski definition) is 3. The van der Waals surface area contributed by atoms with Gasteiger partial charge in [-0.05, 0) is 37.7 Å². The summed E-state index contributed by atoms with van der Waals surface area (Å²) in [6.07, 6.45) is 5.16. The fourth-order valence-corrected chi connectivity index (χ4v) is 3.65. The highest BCUT2D eigenvalue weighted by molar-refractivity contribution is 7.98. The second-order valence-corrected chi connectivity index (χ2v) is 7.02. The van der Waals surface area contributed by atoms with Crippen molar-refractivity contribution < 1.29 is 9.59 Å². The van der Waals surface area contributed by atoms with E-state index in [2.05, 4.69) is 5.32 Å². The second kappa shape index (κ2) is 8.96. The van der Waals surface area contributed by atoms with Gasteiger partial charge in [0.1, 0.15) is 0 Å². The fraction of sp³-hybridized carbons (Fsp3) is 0.556. The summed E-state index contributed by atoms with van der Waals surface area (Å²) in [5.74, 6) is 1.03. The molecule has 2 amide bonds. The van der Waals surface area contributed by atoms with Crippen LogP contribution in [0.15, 0.2) is 30.3 Å². The van der Waals surface area contributed by atoms with Crippen LogP contribution in [0.5, 0.6) is 0 Å². The van der Waals surface area contributed by atoms with Crippen LogP contribution in [0.3, 0.4) is 0 Å². The Morgan fingerprint density at radius 2 is 2.04 bits per heavy atom. The normalized spacial score (nSPS) is 19.2. The summed E-state index contributed by atoms with van der Waals surface area (Å²) in [6.45, 7) is 3.34. The Balaban J connectivity index is 1.93. The number of benzene rings is 1. The first-order valence-corrected chi connectivity index (χ1v) is 9.65. The number of nitrogens with zero attached hydrogens (tertiary/aromatic N) is 1. The van der Waals surface area contributed by atoms with Crippen molar-refractivity contribution in [2.45, 2.75) is 32.2 Å². The van der Waals surface area contributed by atoms with Gasteiger partial charge >= 0.3 is 0 Å². The zero-order valence-corrected chi connectivity index (χ0v) is 14.8. The summed E-state index contributed by atoms with van der Waals surface area (Å²) in [6, 6.07) is 9.34. The quantitative estimate of drug-likeness (QED) is 0.870. The maximum Gasteiger partial charge on any atom is 0.251 e. The smallest absolute Gasteiger partial charge is 0.251 e. The van der Waals surface area contributed by atoms with Gasteiger partial charge < -0.3 is 10.2 Å². The average molecular weight is 334 g/mol. The second-order valence-electron chi connectivity index (χ2n) is 6.11. The van der Waals surface area contributed by atoms with Crippen molar-refractivity contribution in [1.82, 2.24) is 10.2 Å². The SMILES string of the molecule is CSC[C@@H](C)C(=O)N1CCCC[C@@H]1CNC(=O)c1ccccc1. The molecule has 2 atom stereocenters. The molecule has 1 aromatic rings. The van der Waals surface area contributed by atoms with E-state index in [1.807, 2.05) is 36.3 Å². The van der Waals surface area contributed by atoms with Gasteiger partial charge in [-0.25, -0.2) is 0 Å². The number of likely N-dealkylation sites (tertiary alicyclic amines) is 1. The van der Waals surface area contributed by atoms with Crippen molar-refractivity contribution in [3.63, 3.8) is 0 Å². The number of hydrogen-bond donors (Lipinski definition) is 1. The van der Waals surface area contributed by atoms with Crippen LogP contribution in [0.2, 0.25) is 0 Å². The Morgan fingerprint density at radius 3 is 2.74 bits per heavy atom. The van der Waals surface area contributed by atoms with Crippen LogP contribution in [0, 0.1) is 5.92 Å². The van der Waals surface area contributed by atoms with E-state index in [1.54, 1.807) is 23.9 Å². The predicted molar refractivity (Wildman–Crippen MR) is 95.7 cm³/mol. The monoisotopic (exact) mass is 334 g/mol. The number of amides is 2. The predicted octanol–water partition coefficient (Wildman–Crippen LogP) is 2.80. The minimum absolute atomic E-state index is 0.0374. The third-order valence-corrected chi connectivity index (χ3v) is 5.12. The lowest BCUT2D eigenvalue weighted by molar-refractivity contribution is -0.137. The van der Waals surface area contributed by atoms with Crippen molar-refractivity contribution in [2.75, 3.05) is 25.1 Å². The van der Waals surface area contributed by atoms with E-state index in [4.69, 9.17) is 0 Å². The van der Waals surface area contributed by atoms with E-state index in [0.29, 0.717) is 12.1 Å². The standard InChI is InChI=1S/C18H26N2O2S/c1-14(13-23-2)18(22)20-11-7-6-10-16(20)12-19-17(21)15-8-4-3-5-9-15/h3-5,8-9,14,16H,6-7,10-13H2,1-2H3,(H,19,21)/t14-,16-/m1/s1. The average Bonchev–Trinajstić information content (AvgIpc) is 2.60. The van der Waals surface area contributed by atoms with E-state index in [1.165, 1.54) is 0 Å². The van der Waals surface area contributed by atoms with Crippen LogP contribution < -0.4 is 5.32 Å². The summed E-state index contributed by atoms with van der Waals surface area (Å²) >= 11 is 1.70. The number of nitrogens with one attached hydrogen (secondary N) is 1. The maximum atomic E-state index is 12.6. The van der Waals surface area contributed by atoms with Gasteiger partial charge in [0.15, 0.2) is 0 Å². The van der Waals surface area contributed by atoms with Crippen molar-refractivity contribution >= 4 is 23.6 Å². The summed E-state index contributed by atoms with van der Waals surface area (Å²) in [7, 11) is 0. The van der Waals surface area contributed by atoms with Gasteiger partial charge in [-0.2, -0.15) is 11.8 Å². The van der Waals surface area contributed by atoms with Crippen LogP contribution in [0.1, 0.15) is 36.5 Å².